The molecule has 32 heavy (non-hydrogen) atoms. The SMILES string of the molecule is CC1CN(COCC[Si](C)(C)C)c2ncc3c(c21)N(C1CCC(CBr)CC1)CN(C)C3=O. The van der Waals surface area contributed by atoms with E-state index in [1.807, 2.05) is 18.1 Å². The van der Waals surface area contributed by atoms with Gasteiger partial charge >= 0.3 is 0 Å². The topological polar surface area (TPSA) is 48.9 Å². The molecule has 0 aromatic carbocycles. The molecule has 8 heteroatoms. The number of halogens is 1. The number of nitrogens with zero attached hydrogens (tertiary/aromatic N) is 4. The van der Waals surface area contributed by atoms with Gasteiger partial charge in [-0.15, -0.1) is 0 Å². The second kappa shape index (κ2) is 9.62. The lowest BCUT2D eigenvalue weighted by molar-refractivity contribution is 0.0774. The van der Waals surface area contributed by atoms with Crippen molar-refractivity contribution >= 4 is 41.4 Å². The molecule has 4 rings (SSSR count). The molecule has 6 nitrogen and oxygen atoms in total. The summed E-state index contributed by atoms with van der Waals surface area (Å²) in [7, 11) is 0.814. The van der Waals surface area contributed by atoms with Crippen molar-refractivity contribution in [3.63, 3.8) is 0 Å². The van der Waals surface area contributed by atoms with Gasteiger partial charge in [0.2, 0.25) is 0 Å². The fraction of sp³-hybridized carbons (Fsp3) is 0.750. The second-order valence-electron chi connectivity index (χ2n) is 11.2. The van der Waals surface area contributed by atoms with Gasteiger partial charge in [-0.25, -0.2) is 4.98 Å². The molecular formula is C24H39BrN4O2Si. The number of rotatable bonds is 7. The lowest BCUT2D eigenvalue weighted by Crippen LogP contribution is -2.50. The molecule has 3 aliphatic rings. The summed E-state index contributed by atoms with van der Waals surface area (Å²) in [5.41, 5.74) is 3.17. The maximum absolute atomic E-state index is 13.1. The number of fused-ring (bicyclic) bond motifs is 3. The van der Waals surface area contributed by atoms with Crippen LogP contribution in [0.3, 0.4) is 0 Å². The summed E-state index contributed by atoms with van der Waals surface area (Å²) in [4.78, 5) is 24.5. The Bertz CT molecular complexity index is 838. The number of amides is 1. The molecule has 1 aromatic heterocycles. The smallest absolute Gasteiger partial charge is 0.258 e. The Morgan fingerprint density at radius 3 is 2.59 bits per heavy atom. The van der Waals surface area contributed by atoms with E-state index >= 15 is 0 Å². The van der Waals surface area contributed by atoms with Crippen molar-refractivity contribution in [3.05, 3.63) is 17.3 Å². The minimum absolute atomic E-state index is 0.0951. The predicted octanol–water partition coefficient (Wildman–Crippen LogP) is 5.12. The number of carbonyl (C=O) groups is 1. The highest BCUT2D eigenvalue weighted by Gasteiger charge is 2.40. The molecule has 0 N–H and O–H groups in total. The summed E-state index contributed by atoms with van der Waals surface area (Å²) in [6.45, 7) is 12.4. The lowest BCUT2D eigenvalue weighted by atomic mass is 9.85. The minimum Gasteiger partial charge on any atom is -0.361 e. The van der Waals surface area contributed by atoms with Crippen LogP contribution in [0.2, 0.25) is 25.7 Å². The largest absolute Gasteiger partial charge is 0.361 e. The van der Waals surface area contributed by atoms with Gasteiger partial charge in [-0.2, -0.15) is 0 Å². The van der Waals surface area contributed by atoms with Gasteiger partial charge in [0, 0.05) is 57.3 Å². The molecule has 1 fully saturated rings. The van der Waals surface area contributed by atoms with E-state index in [-0.39, 0.29) is 5.91 Å². The van der Waals surface area contributed by atoms with Crippen LogP contribution in [0, 0.1) is 5.92 Å². The summed E-state index contributed by atoms with van der Waals surface area (Å²) < 4.78 is 6.08. The van der Waals surface area contributed by atoms with Gasteiger partial charge in [0.25, 0.3) is 5.91 Å². The molecular weight excluding hydrogens is 484 g/mol. The summed E-state index contributed by atoms with van der Waals surface area (Å²) in [6.07, 6.45) is 6.69. The predicted molar refractivity (Wildman–Crippen MR) is 138 cm³/mol. The Morgan fingerprint density at radius 1 is 1.22 bits per heavy atom. The van der Waals surface area contributed by atoms with Crippen molar-refractivity contribution in [1.82, 2.24) is 9.88 Å². The average molecular weight is 524 g/mol. The van der Waals surface area contributed by atoms with Crippen LogP contribution in [0.15, 0.2) is 6.20 Å². The second-order valence-corrected chi connectivity index (χ2v) is 17.4. The highest BCUT2D eigenvalue weighted by molar-refractivity contribution is 9.09. The van der Waals surface area contributed by atoms with Gasteiger partial charge in [-0.1, -0.05) is 42.5 Å². The molecule has 3 heterocycles. The van der Waals surface area contributed by atoms with Gasteiger partial charge < -0.3 is 19.4 Å². The van der Waals surface area contributed by atoms with Gasteiger partial charge in [-0.3, -0.25) is 4.79 Å². The van der Waals surface area contributed by atoms with E-state index in [2.05, 4.69) is 52.3 Å². The number of carbonyl (C=O) groups excluding carboxylic acids is 1. The molecule has 1 aromatic rings. The van der Waals surface area contributed by atoms with Crippen LogP contribution in [0.25, 0.3) is 0 Å². The fourth-order valence-corrected chi connectivity index (χ4v) is 6.74. The maximum atomic E-state index is 13.1. The van der Waals surface area contributed by atoms with E-state index in [0.717, 1.165) is 41.5 Å². The van der Waals surface area contributed by atoms with Crippen molar-refractivity contribution in [1.29, 1.82) is 0 Å². The number of anilines is 2. The number of ether oxygens (including phenoxy) is 1. The van der Waals surface area contributed by atoms with E-state index in [4.69, 9.17) is 9.72 Å². The van der Waals surface area contributed by atoms with Crippen LogP contribution in [0.4, 0.5) is 11.5 Å². The van der Waals surface area contributed by atoms with E-state index in [0.29, 0.717) is 25.4 Å². The number of alkyl halides is 1. The summed E-state index contributed by atoms with van der Waals surface area (Å²) in [5.74, 6) is 2.23. The number of aromatic nitrogens is 1. The summed E-state index contributed by atoms with van der Waals surface area (Å²) in [5, 5.41) is 1.09. The Hall–Kier alpha value is -1.12. The van der Waals surface area contributed by atoms with Crippen LogP contribution < -0.4 is 9.80 Å². The standard InChI is InChI=1S/C24H39BrN4O2Si/c1-17-14-28(16-31-10-11-32(3,4)5)23-21(17)22-20(13-26-23)24(30)27(2)15-29(22)19-8-6-18(12-25)7-9-19/h13,17-19H,6-12,14-16H2,1-5H3. The Morgan fingerprint density at radius 2 is 1.94 bits per heavy atom. The number of pyridine rings is 1. The molecule has 1 aliphatic carbocycles. The maximum Gasteiger partial charge on any atom is 0.258 e. The van der Waals surface area contributed by atoms with E-state index in [1.54, 1.807) is 0 Å². The Balaban J connectivity index is 1.59. The van der Waals surface area contributed by atoms with Crippen molar-refractivity contribution in [3.8, 4) is 0 Å². The molecule has 1 unspecified atom stereocenters. The van der Waals surface area contributed by atoms with E-state index in [9.17, 15) is 4.79 Å². The number of hydrogen-bond donors (Lipinski definition) is 0. The first kappa shape index (κ1) is 24.0. The average Bonchev–Trinajstić information content (AvgIpc) is 3.08. The van der Waals surface area contributed by atoms with E-state index in [1.165, 1.54) is 37.3 Å². The van der Waals surface area contributed by atoms with Crippen LogP contribution in [-0.4, -0.2) is 68.8 Å². The molecule has 1 saturated carbocycles. The first-order valence-electron chi connectivity index (χ1n) is 12.1. The first-order chi connectivity index (χ1) is 15.2. The molecule has 0 bridgehead atoms. The molecule has 178 valence electrons. The molecule has 0 spiro atoms. The summed E-state index contributed by atoms with van der Waals surface area (Å²) in [6, 6.07) is 1.66. The normalized spacial score (nSPS) is 25.9. The van der Waals surface area contributed by atoms with Gasteiger partial charge in [0.1, 0.15) is 12.5 Å². The quantitative estimate of drug-likeness (QED) is 0.282. The van der Waals surface area contributed by atoms with Crippen molar-refractivity contribution in [2.75, 3.05) is 48.7 Å². The molecule has 1 amide bonds. The first-order valence-corrected chi connectivity index (χ1v) is 17.0. The van der Waals surface area contributed by atoms with Crippen molar-refractivity contribution in [2.45, 2.75) is 70.3 Å². The van der Waals surface area contributed by atoms with Crippen LogP contribution >= 0.6 is 15.9 Å². The zero-order chi connectivity index (χ0) is 23.0. The fourth-order valence-electron chi connectivity index (χ4n) is 5.33. The highest BCUT2D eigenvalue weighted by Crippen LogP contribution is 2.46. The van der Waals surface area contributed by atoms with Gasteiger partial charge in [-0.05, 0) is 37.6 Å². The van der Waals surface area contributed by atoms with Crippen molar-refractivity contribution in [2.24, 2.45) is 5.92 Å². The van der Waals surface area contributed by atoms with Crippen LogP contribution in [0.5, 0.6) is 0 Å². The minimum atomic E-state index is -1.10. The third-order valence-corrected chi connectivity index (χ3v) is 9.92. The molecule has 0 radical (unpaired) electrons. The van der Waals surface area contributed by atoms with Gasteiger partial charge in [0.15, 0.2) is 0 Å². The van der Waals surface area contributed by atoms with Crippen LogP contribution in [0.1, 0.15) is 54.4 Å². The zero-order valence-corrected chi connectivity index (χ0v) is 22.9. The molecule has 1 atom stereocenters. The molecule has 0 saturated heterocycles. The van der Waals surface area contributed by atoms with Gasteiger partial charge in [0.05, 0.1) is 17.9 Å². The number of hydrogen-bond acceptors (Lipinski definition) is 5. The third-order valence-electron chi connectivity index (χ3n) is 7.30. The highest BCUT2D eigenvalue weighted by atomic mass is 79.9. The zero-order valence-electron chi connectivity index (χ0n) is 20.4. The van der Waals surface area contributed by atoms with Crippen molar-refractivity contribution < 1.29 is 9.53 Å². The Kier molecular flexibility index (Phi) is 7.22. The summed E-state index contributed by atoms with van der Waals surface area (Å²) >= 11 is 3.67. The lowest BCUT2D eigenvalue weighted by Gasteiger charge is -2.44. The monoisotopic (exact) mass is 522 g/mol. The Labute approximate surface area is 202 Å². The van der Waals surface area contributed by atoms with E-state index < -0.39 is 8.07 Å². The van der Waals surface area contributed by atoms with Crippen LogP contribution in [-0.2, 0) is 4.74 Å². The molecule has 2 aliphatic heterocycles. The third kappa shape index (κ3) is 4.87.